The van der Waals surface area contributed by atoms with Gasteiger partial charge >= 0.3 is 5.97 Å². The van der Waals surface area contributed by atoms with Crippen LogP contribution in [0.5, 0.6) is 0 Å². The van der Waals surface area contributed by atoms with Crippen LogP contribution >= 0.6 is 0 Å². The molecule has 0 saturated carbocycles. The molecule has 2 aliphatic rings. The SMILES string of the molecule is COC(=O)[C@H]1C2CC[C@H](C[C@@H]1c1cccc(C)c1)N2C. The molecule has 4 atom stereocenters. The molecule has 0 radical (unpaired) electrons. The zero-order chi connectivity index (χ0) is 14.3. The van der Waals surface area contributed by atoms with E-state index in [1.165, 1.54) is 24.7 Å². The Kier molecular flexibility index (Phi) is 3.55. The fourth-order valence-electron chi connectivity index (χ4n) is 4.17. The molecule has 0 aromatic heterocycles. The highest BCUT2D eigenvalue weighted by Crippen LogP contribution is 2.46. The summed E-state index contributed by atoms with van der Waals surface area (Å²) in [6.07, 6.45) is 3.39. The van der Waals surface area contributed by atoms with E-state index in [0.717, 1.165) is 12.8 Å². The Bertz CT molecular complexity index is 513. The number of ether oxygens (including phenoxy) is 1. The predicted molar refractivity (Wildman–Crippen MR) is 78.6 cm³/mol. The molecule has 2 bridgehead atoms. The van der Waals surface area contributed by atoms with Gasteiger partial charge in [0.25, 0.3) is 0 Å². The molecule has 2 aliphatic heterocycles. The van der Waals surface area contributed by atoms with Gasteiger partial charge in [0.2, 0.25) is 0 Å². The van der Waals surface area contributed by atoms with Crippen LogP contribution in [-0.4, -0.2) is 37.1 Å². The molecule has 1 unspecified atom stereocenters. The number of rotatable bonds is 2. The molecule has 3 heteroatoms. The van der Waals surface area contributed by atoms with E-state index >= 15 is 0 Å². The molecule has 2 fully saturated rings. The Balaban J connectivity index is 1.97. The number of fused-ring (bicyclic) bond motifs is 2. The minimum Gasteiger partial charge on any atom is -0.469 e. The summed E-state index contributed by atoms with van der Waals surface area (Å²) in [6.45, 7) is 2.11. The van der Waals surface area contributed by atoms with Gasteiger partial charge in [-0.15, -0.1) is 0 Å². The Hall–Kier alpha value is -1.35. The lowest BCUT2D eigenvalue weighted by Crippen LogP contribution is -2.49. The van der Waals surface area contributed by atoms with Gasteiger partial charge < -0.3 is 4.74 Å². The van der Waals surface area contributed by atoms with Crippen molar-refractivity contribution >= 4 is 5.97 Å². The molecule has 1 aromatic carbocycles. The first kappa shape index (κ1) is 13.6. The number of benzene rings is 1. The summed E-state index contributed by atoms with van der Waals surface area (Å²) in [5.74, 6) is 0.232. The number of piperidine rings is 1. The van der Waals surface area contributed by atoms with Gasteiger partial charge in [0, 0.05) is 18.0 Å². The topological polar surface area (TPSA) is 29.5 Å². The first-order chi connectivity index (χ1) is 9.61. The molecular formula is C17H23NO2. The molecule has 0 aliphatic carbocycles. The second kappa shape index (κ2) is 5.21. The van der Waals surface area contributed by atoms with Gasteiger partial charge in [-0.3, -0.25) is 9.69 Å². The fourth-order valence-corrected chi connectivity index (χ4v) is 4.17. The van der Waals surface area contributed by atoms with Gasteiger partial charge in [-0.05, 0) is 38.8 Å². The summed E-state index contributed by atoms with van der Waals surface area (Å²) < 4.78 is 5.10. The highest BCUT2D eigenvalue weighted by molar-refractivity contribution is 5.75. The van der Waals surface area contributed by atoms with Crippen LogP contribution in [0.4, 0.5) is 0 Å². The zero-order valence-electron chi connectivity index (χ0n) is 12.5. The Morgan fingerprint density at radius 2 is 2.15 bits per heavy atom. The van der Waals surface area contributed by atoms with Crippen LogP contribution in [0.2, 0.25) is 0 Å². The highest BCUT2D eigenvalue weighted by atomic mass is 16.5. The maximum Gasteiger partial charge on any atom is 0.310 e. The molecule has 2 heterocycles. The van der Waals surface area contributed by atoms with Crippen LogP contribution in [0.15, 0.2) is 24.3 Å². The number of carbonyl (C=O) groups excluding carboxylic acids is 1. The van der Waals surface area contributed by atoms with Crippen LogP contribution in [0.3, 0.4) is 0 Å². The second-order valence-corrected chi connectivity index (χ2v) is 6.27. The van der Waals surface area contributed by atoms with Crippen molar-refractivity contribution in [3.05, 3.63) is 35.4 Å². The van der Waals surface area contributed by atoms with Crippen molar-refractivity contribution in [1.82, 2.24) is 4.90 Å². The lowest BCUT2D eigenvalue weighted by atomic mass is 9.76. The molecule has 0 N–H and O–H groups in total. The minimum atomic E-state index is -0.0475. The molecular weight excluding hydrogens is 250 g/mol. The molecule has 108 valence electrons. The number of hydrogen-bond donors (Lipinski definition) is 0. The number of carbonyl (C=O) groups is 1. The van der Waals surface area contributed by atoms with Crippen molar-refractivity contribution in [1.29, 1.82) is 0 Å². The monoisotopic (exact) mass is 273 g/mol. The van der Waals surface area contributed by atoms with Gasteiger partial charge in [0.15, 0.2) is 0 Å². The van der Waals surface area contributed by atoms with Crippen molar-refractivity contribution in [2.45, 2.75) is 44.2 Å². The number of esters is 1. The van der Waals surface area contributed by atoms with E-state index in [4.69, 9.17) is 4.74 Å². The maximum absolute atomic E-state index is 12.3. The first-order valence-electron chi connectivity index (χ1n) is 7.48. The lowest BCUT2D eigenvalue weighted by Gasteiger charge is -2.41. The third kappa shape index (κ3) is 2.14. The average Bonchev–Trinajstić information content (AvgIpc) is 2.69. The summed E-state index contributed by atoms with van der Waals surface area (Å²) in [6, 6.07) is 9.56. The fraction of sp³-hybridized carbons (Fsp3) is 0.588. The largest absolute Gasteiger partial charge is 0.469 e. The van der Waals surface area contributed by atoms with Crippen LogP contribution in [-0.2, 0) is 9.53 Å². The summed E-state index contributed by atoms with van der Waals surface area (Å²) >= 11 is 0. The molecule has 1 aromatic rings. The van der Waals surface area contributed by atoms with Gasteiger partial charge in [-0.1, -0.05) is 29.8 Å². The molecule has 2 saturated heterocycles. The lowest BCUT2D eigenvalue weighted by molar-refractivity contribution is -0.150. The third-order valence-electron chi connectivity index (χ3n) is 5.21. The predicted octanol–water partition coefficient (Wildman–Crippen LogP) is 2.73. The van der Waals surface area contributed by atoms with Crippen LogP contribution in [0.1, 0.15) is 36.3 Å². The normalized spacial score (nSPS) is 33.1. The second-order valence-electron chi connectivity index (χ2n) is 6.27. The molecule has 3 rings (SSSR count). The molecule has 0 spiro atoms. The van der Waals surface area contributed by atoms with Crippen molar-refractivity contribution in [3.63, 3.8) is 0 Å². The van der Waals surface area contributed by atoms with Gasteiger partial charge in [-0.2, -0.15) is 0 Å². The first-order valence-corrected chi connectivity index (χ1v) is 7.48. The van der Waals surface area contributed by atoms with E-state index in [1.807, 2.05) is 0 Å². The summed E-state index contributed by atoms with van der Waals surface area (Å²) in [5, 5.41) is 0. The summed E-state index contributed by atoms with van der Waals surface area (Å²) in [7, 11) is 3.67. The van der Waals surface area contributed by atoms with Crippen LogP contribution in [0, 0.1) is 12.8 Å². The van der Waals surface area contributed by atoms with E-state index in [0.29, 0.717) is 18.0 Å². The smallest absolute Gasteiger partial charge is 0.310 e. The Morgan fingerprint density at radius 3 is 2.85 bits per heavy atom. The van der Waals surface area contributed by atoms with Crippen LogP contribution < -0.4 is 0 Å². The average molecular weight is 273 g/mol. The Labute approximate surface area is 120 Å². The molecule has 0 amide bonds. The van der Waals surface area contributed by atoms with E-state index in [-0.39, 0.29) is 11.9 Å². The van der Waals surface area contributed by atoms with Crippen molar-refractivity contribution < 1.29 is 9.53 Å². The zero-order valence-corrected chi connectivity index (χ0v) is 12.5. The van der Waals surface area contributed by atoms with Gasteiger partial charge in [0.1, 0.15) is 0 Å². The number of methoxy groups -OCH3 is 1. The van der Waals surface area contributed by atoms with E-state index in [2.05, 4.69) is 43.1 Å². The summed E-state index contributed by atoms with van der Waals surface area (Å²) in [5.41, 5.74) is 2.56. The van der Waals surface area contributed by atoms with Crippen molar-refractivity contribution in [3.8, 4) is 0 Å². The van der Waals surface area contributed by atoms with Crippen molar-refractivity contribution in [2.75, 3.05) is 14.2 Å². The molecule has 3 nitrogen and oxygen atoms in total. The third-order valence-corrected chi connectivity index (χ3v) is 5.21. The van der Waals surface area contributed by atoms with Crippen molar-refractivity contribution in [2.24, 2.45) is 5.92 Å². The van der Waals surface area contributed by atoms with E-state index in [9.17, 15) is 4.79 Å². The Morgan fingerprint density at radius 1 is 1.35 bits per heavy atom. The molecule has 20 heavy (non-hydrogen) atoms. The van der Waals surface area contributed by atoms with Gasteiger partial charge in [-0.25, -0.2) is 0 Å². The summed E-state index contributed by atoms with van der Waals surface area (Å²) in [4.78, 5) is 14.7. The van der Waals surface area contributed by atoms with Crippen LogP contribution in [0.25, 0.3) is 0 Å². The maximum atomic E-state index is 12.3. The quantitative estimate of drug-likeness (QED) is 0.776. The standard InChI is InChI=1S/C17H23NO2/c1-11-5-4-6-12(9-11)14-10-13-7-8-15(18(13)2)16(14)17(19)20-3/h4-6,9,13-16H,7-8,10H2,1-3H3/t13-,14-,15?,16-/m1/s1. The number of nitrogens with zero attached hydrogens (tertiary/aromatic N) is 1. The van der Waals surface area contributed by atoms with Gasteiger partial charge in [0.05, 0.1) is 13.0 Å². The number of aryl methyl sites for hydroxylation is 1. The van der Waals surface area contributed by atoms with E-state index < -0.39 is 0 Å². The highest BCUT2D eigenvalue weighted by Gasteiger charge is 2.49. The van der Waals surface area contributed by atoms with E-state index in [1.54, 1.807) is 0 Å². The minimum absolute atomic E-state index is 0.0226. The number of hydrogen-bond acceptors (Lipinski definition) is 3.